The summed E-state index contributed by atoms with van der Waals surface area (Å²) in [6.07, 6.45) is 0. The molecule has 0 radical (unpaired) electrons. The molecule has 98 valence electrons. The van der Waals surface area contributed by atoms with Crippen LogP contribution in [0.5, 0.6) is 0 Å². The van der Waals surface area contributed by atoms with Gasteiger partial charge in [0.25, 0.3) is 0 Å². The van der Waals surface area contributed by atoms with Crippen LogP contribution in [0.4, 0.5) is 0 Å². The number of rotatable bonds is 3. The van der Waals surface area contributed by atoms with Crippen molar-refractivity contribution >= 4 is 34.9 Å². The molecule has 0 amide bonds. The second kappa shape index (κ2) is 4.71. The van der Waals surface area contributed by atoms with E-state index in [0.29, 0.717) is 5.92 Å². The first-order chi connectivity index (χ1) is 8.31. The van der Waals surface area contributed by atoms with Crippen LogP contribution in [-0.2, 0) is 6.54 Å². The van der Waals surface area contributed by atoms with Gasteiger partial charge in [-0.2, -0.15) is 0 Å². The van der Waals surface area contributed by atoms with Crippen molar-refractivity contribution in [3.8, 4) is 0 Å². The van der Waals surface area contributed by atoms with E-state index in [9.17, 15) is 0 Å². The average Bonchev–Trinajstić information content (AvgIpc) is 2.55. The first-order valence-electron chi connectivity index (χ1n) is 6.19. The largest absolute Gasteiger partial charge is 0.331 e. The molecule has 0 unspecified atom stereocenters. The Morgan fingerprint density at radius 3 is 2.67 bits per heavy atom. The van der Waals surface area contributed by atoms with Gasteiger partial charge in [0, 0.05) is 11.6 Å². The molecule has 0 aliphatic rings. The van der Waals surface area contributed by atoms with Gasteiger partial charge in [-0.05, 0) is 41.7 Å². The molecule has 0 aliphatic carbocycles. The number of imidazole rings is 1. The SMILES string of the molecule is CC(C)C(C)(C)Cn1c(=S)[nH]c2ccc(Cl)cc21. The van der Waals surface area contributed by atoms with Gasteiger partial charge in [0.05, 0.1) is 11.0 Å². The minimum Gasteiger partial charge on any atom is -0.331 e. The maximum Gasteiger partial charge on any atom is 0.178 e. The van der Waals surface area contributed by atoms with Gasteiger partial charge in [0.2, 0.25) is 0 Å². The molecular formula is C14H19ClN2S. The third-order valence-corrected chi connectivity index (χ3v) is 4.42. The molecule has 1 heterocycles. The molecule has 2 rings (SSSR count). The van der Waals surface area contributed by atoms with Gasteiger partial charge in [0.15, 0.2) is 4.77 Å². The van der Waals surface area contributed by atoms with Crippen molar-refractivity contribution in [2.24, 2.45) is 11.3 Å². The Morgan fingerprint density at radius 1 is 1.39 bits per heavy atom. The zero-order valence-corrected chi connectivity index (χ0v) is 12.8. The number of nitrogens with zero attached hydrogens (tertiary/aromatic N) is 1. The fourth-order valence-electron chi connectivity index (χ4n) is 1.87. The van der Waals surface area contributed by atoms with Crippen molar-refractivity contribution in [1.29, 1.82) is 0 Å². The van der Waals surface area contributed by atoms with Gasteiger partial charge in [0.1, 0.15) is 0 Å². The van der Waals surface area contributed by atoms with Gasteiger partial charge < -0.3 is 9.55 Å². The molecule has 1 N–H and O–H groups in total. The maximum atomic E-state index is 6.07. The third-order valence-electron chi connectivity index (χ3n) is 3.87. The fraction of sp³-hybridized carbons (Fsp3) is 0.500. The second-order valence-corrected chi connectivity index (χ2v) is 6.64. The summed E-state index contributed by atoms with van der Waals surface area (Å²) in [5, 5.41) is 0.743. The van der Waals surface area contributed by atoms with E-state index in [1.54, 1.807) is 0 Å². The molecule has 0 saturated heterocycles. The number of halogens is 1. The van der Waals surface area contributed by atoms with Gasteiger partial charge in [-0.3, -0.25) is 0 Å². The highest BCUT2D eigenvalue weighted by Gasteiger charge is 2.24. The molecule has 1 aromatic carbocycles. The number of benzene rings is 1. The molecule has 0 spiro atoms. The molecule has 4 heteroatoms. The van der Waals surface area contributed by atoms with E-state index < -0.39 is 0 Å². The summed E-state index contributed by atoms with van der Waals surface area (Å²) in [6.45, 7) is 9.91. The van der Waals surface area contributed by atoms with E-state index >= 15 is 0 Å². The van der Waals surface area contributed by atoms with Crippen LogP contribution in [0.25, 0.3) is 11.0 Å². The minimum atomic E-state index is 0.190. The van der Waals surface area contributed by atoms with Crippen LogP contribution in [0.15, 0.2) is 18.2 Å². The van der Waals surface area contributed by atoms with Crippen LogP contribution in [0.2, 0.25) is 5.02 Å². The van der Waals surface area contributed by atoms with Crippen molar-refractivity contribution < 1.29 is 0 Å². The van der Waals surface area contributed by atoms with Crippen LogP contribution in [-0.4, -0.2) is 9.55 Å². The van der Waals surface area contributed by atoms with E-state index in [0.717, 1.165) is 27.4 Å². The number of H-pyrrole nitrogens is 1. The van der Waals surface area contributed by atoms with E-state index in [1.807, 2.05) is 18.2 Å². The molecule has 0 aliphatic heterocycles. The second-order valence-electron chi connectivity index (χ2n) is 5.82. The van der Waals surface area contributed by atoms with Gasteiger partial charge in [-0.15, -0.1) is 0 Å². The van der Waals surface area contributed by atoms with E-state index in [-0.39, 0.29) is 5.41 Å². The Morgan fingerprint density at radius 2 is 2.06 bits per heavy atom. The predicted octanol–water partition coefficient (Wildman–Crippen LogP) is 5.03. The average molecular weight is 283 g/mol. The number of aromatic amines is 1. The molecule has 2 nitrogen and oxygen atoms in total. The Bertz CT molecular complexity index is 622. The van der Waals surface area contributed by atoms with Crippen LogP contribution >= 0.6 is 23.8 Å². The normalized spacial score (nSPS) is 12.6. The first kappa shape index (κ1) is 13.6. The Kier molecular flexibility index (Phi) is 3.56. The number of fused-ring (bicyclic) bond motifs is 1. The summed E-state index contributed by atoms with van der Waals surface area (Å²) >= 11 is 11.5. The molecule has 0 saturated carbocycles. The molecule has 1 aromatic heterocycles. The molecule has 18 heavy (non-hydrogen) atoms. The van der Waals surface area contributed by atoms with E-state index in [2.05, 4.69) is 37.2 Å². The minimum absolute atomic E-state index is 0.190. The topological polar surface area (TPSA) is 20.7 Å². The Balaban J connectivity index is 2.54. The van der Waals surface area contributed by atoms with Crippen molar-refractivity contribution in [2.75, 3.05) is 0 Å². The van der Waals surface area contributed by atoms with Gasteiger partial charge in [-0.25, -0.2) is 0 Å². The highest BCUT2D eigenvalue weighted by atomic mass is 35.5. The van der Waals surface area contributed by atoms with Crippen LogP contribution in [0.3, 0.4) is 0 Å². The number of hydrogen-bond acceptors (Lipinski definition) is 1. The lowest BCUT2D eigenvalue weighted by Gasteiger charge is -2.29. The summed E-state index contributed by atoms with van der Waals surface area (Å²) in [4.78, 5) is 3.23. The molecular weight excluding hydrogens is 264 g/mol. The fourth-order valence-corrected chi connectivity index (χ4v) is 2.31. The van der Waals surface area contributed by atoms with Crippen LogP contribution in [0, 0.1) is 16.1 Å². The molecule has 0 bridgehead atoms. The predicted molar refractivity (Wildman–Crippen MR) is 80.8 cm³/mol. The smallest absolute Gasteiger partial charge is 0.178 e. The number of aromatic nitrogens is 2. The Labute approximate surface area is 118 Å². The molecule has 2 aromatic rings. The van der Waals surface area contributed by atoms with Crippen molar-refractivity contribution in [3.05, 3.63) is 28.0 Å². The standard InChI is InChI=1S/C14H19ClN2S/c1-9(2)14(3,4)8-17-12-7-10(15)5-6-11(12)16-13(17)18/h5-7,9H,8H2,1-4H3,(H,16,18). The van der Waals surface area contributed by atoms with Crippen LogP contribution < -0.4 is 0 Å². The quantitative estimate of drug-likeness (QED) is 0.783. The zero-order chi connectivity index (χ0) is 13.5. The van der Waals surface area contributed by atoms with Gasteiger partial charge >= 0.3 is 0 Å². The summed E-state index contributed by atoms with van der Waals surface area (Å²) in [5.41, 5.74) is 2.32. The van der Waals surface area contributed by atoms with Crippen molar-refractivity contribution in [2.45, 2.75) is 34.2 Å². The highest BCUT2D eigenvalue weighted by molar-refractivity contribution is 7.71. The lowest BCUT2D eigenvalue weighted by molar-refractivity contribution is 0.212. The first-order valence-corrected chi connectivity index (χ1v) is 6.98. The highest BCUT2D eigenvalue weighted by Crippen LogP contribution is 2.30. The number of nitrogens with one attached hydrogen (secondary N) is 1. The van der Waals surface area contributed by atoms with Crippen LogP contribution in [0.1, 0.15) is 27.7 Å². The zero-order valence-electron chi connectivity index (χ0n) is 11.2. The Hall–Kier alpha value is -0.800. The lowest BCUT2D eigenvalue weighted by Crippen LogP contribution is -2.25. The van der Waals surface area contributed by atoms with Gasteiger partial charge in [-0.1, -0.05) is 39.3 Å². The lowest BCUT2D eigenvalue weighted by atomic mass is 9.81. The number of hydrogen-bond donors (Lipinski definition) is 1. The monoisotopic (exact) mass is 282 g/mol. The summed E-state index contributed by atoms with van der Waals surface area (Å²) < 4.78 is 2.91. The van der Waals surface area contributed by atoms with Crippen molar-refractivity contribution in [3.63, 3.8) is 0 Å². The van der Waals surface area contributed by atoms with E-state index in [4.69, 9.17) is 23.8 Å². The van der Waals surface area contributed by atoms with E-state index in [1.165, 1.54) is 0 Å². The maximum absolute atomic E-state index is 6.07. The molecule has 0 atom stereocenters. The molecule has 0 fully saturated rings. The third kappa shape index (κ3) is 2.47. The summed E-state index contributed by atoms with van der Waals surface area (Å²) in [6, 6.07) is 5.83. The summed E-state index contributed by atoms with van der Waals surface area (Å²) in [5.74, 6) is 0.587. The summed E-state index contributed by atoms with van der Waals surface area (Å²) in [7, 11) is 0. The van der Waals surface area contributed by atoms with Crippen molar-refractivity contribution in [1.82, 2.24) is 9.55 Å².